The maximum Gasteiger partial charge on any atom is 0.417 e. The molecule has 0 aliphatic carbocycles. The molecule has 1 aliphatic heterocycles. The first-order valence-corrected chi connectivity index (χ1v) is 9.08. The smallest absolute Gasteiger partial charge is 0.355 e. The molecule has 1 aliphatic rings. The summed E-state index contributed by atoms with van der Waals surface area (Å²) in [6.07, 6.45) is -1.07. The van der Waals surface area contributed by atoms with Gasteiger partial charge in [-0.15, -0.1) is 0 Å². The van der Waals surface area contributed by atoms with Crippen molar-refractivity contribution in [1.82, 2.24) is 10.4 Å². The van der Waals surface area contributed by atoms with E-state index >= 15 is 0 Å². The molecule has 1 aromatic heterocycles. The van der Waals surface area contributed by atoms with Crippen molar-refractivity contribution in [3.8, 4) is 0 Å². The van der Waals surface area contributed by atoms with E-state index in [1.165, 1.54) is 0 Å². The van der Waals surface area contributed by atoms with E-state index in [2.05, 4.69) is 15.5 Å². The van der Waals surface area contributed by atoms with Crippen molar-refractivity contribution >= 4 is 29.5 Å². The maximum atomic E-state index is 12.7. The molecule has 3 rings (SSSR count). The minimum absolute atomic E-state index is 0.0508. The van der Waals surface area contributed by atoms with Gasteiger partial charge < -0.3 is 4.90 Å². The molecule has 2 aromatic rings. The number of pyridine rings is 1. The van der Waals surface area contributed by atoms with E-state index in [1.54, 1.807) is 11.1 Å². The first kappa shape index (κ1) is 20.1. The Morgan fingerprint density at radius 3 is 2.54 bits per heavy atom. The second-order valence-electron chi connectivity index (χ2n) is 6.43. The average Bonchev–Trinajstić information content (AvgIpc) is 2.68. The fourth-order valence-corrected chi connectivity index (χ4v) is 3.26. The topological polar surface area (TPSA) is 57.6 Å². The Balaban J connectivity index is 1.54. The highest BCUT2D eigenvalue weighted by atomic mass is 35.5. The lowest BCUT2D eigenvalue weighted by Gasteiger charge is -2.32. The van der Waals surface area contributed by atoms with E-state index in [9.17, 15) is 18.0 Å². The summed E-state index contributed by atoms with van der Waals surface area (Å²) in [4.78, 5) is 17.9. The van der Waals surface area contributed by atoms with Crippen LogP contribution in [0.3, 0.4) is 0 Å². The molecule has 0 unspecified atom stereocenters. The highest BCUT2D eigenvalue weighted by molar-refractivity contribution is 6.33. The van der Waals surface area contributed by atoms with Crippen molar-refractivity contribution in [2.24, 2.45) is 11.0 Å². The maximum absolute atomic E-state index is 12.7. The fraction of sp³-hybridized carbons (Fsp3) is 0.316. The van der Waals surface area contributed by atoms with Crippen LogP contribution in [0.5, 0.6) is 0 Å². The Hall–Kier alpha value is -2.61. The molecule has 1 N–H and O–H groups in total. The van der Waals surface area contributed by atoms with Crippen LogP contribution in [0.1, 0.15) is 24.0 Å². The largest absolute Gasteiger partial charge is 0.417 e. The van der Waals surface area contributed by atoms with Crippen LogP contribution < -0.4 is 10.3 Å². The van der Waals surface area contributed by atoms with E-state index in [-0.39, 0.29) is 16.8 Å². The van der Waals surface area contributed by atoms with Crippen molar-refractivity contribution in [3.63, 3.8) is 0 Å². The van der Waals surface area contributed by atoms with Gasteiger partial charge in [0.25, 0.3) is 0 Å². The molecule has 5 nitrogen and oxygen atoms in total. The van der Waals surface area contributed by atoms with E-state index in [4.69, 9.17) is 11.6 Å². The number of benzene rings is 1. The van der Waals surface area contributed by atoms with E-state index in [1.807, 2.05) is 30.3 Å². The molecule has 0 spiro atoms. The van der Waals surface area contributed by atoms with Crippen molar-refractivity contribution in [1.29, 1.82) is 0 Å². The number of nitrogens with one attached hydrogen (secondary N) is 1. The molecule has 1 amide bonds. The molecular weight excluding hydrogens is 393 g/mol. The molecule has 0 atom stereocenters. The van der Waals surface area contributed by atoms with Crippen molar-refractivity contribution < 1.29 is 18.0 Å². The van der Waals surface area contributed by atoms with Crippen molar-refractivity contribution in [3.05, 3.63) is 58.7 Å². The van der Waals surface area contributed by atoms with Gasteiger partial charge in [0.15, 0.2) is 0 Å². The third-order valence-corrected chi connectivity index (χ3v) is 4.78. The first-order valence-electron chi connectivity index (χ1n) is 8.70. The summed E-state index contributed by atoms with van der Waals surface area (Å²) in [5, 5.41) is 3.91. The van der Waals surface area contributed by atoms with Gasteiger partial charge in [-0.1, -0.05) is 41.9 Å². The number of amides is 1. The second-order valence-corrected chi connectivity index (χ2v) is 6.84. The number of aromatic nitrogens is 1. The molecule has 0 radical (unpaired) electrons. The highest BCUT2D eigenvalue weighted by Gasteiger charge is 2.33. The van der Waals surface area contributed by atoms with Crippen LogP contribution in [-0.2, 0) is 11.0 Å². The summed E-state index contributed by atoms with van der Waals surface area (Å²) < 4.78 is 38.2. The van der Waals surface area contributed by atoms with Gasteiger partial charge in [0.1, 0.15) is 5.82 Å². The fourth-order valence-electron chi connectivity index (χ4n) is 2.97. The van der Waals surface area contributed by atoms with Crippen LogP contribution >= 0.6 is 11.6 Å². The summed E-state index contributed by atoms with van der Waals surface area (Å²) in [7, 11) is 0. The normalized spacial score (nSPS) is 15.8. The lowest BCUT2D eigenvalue weighted by molar-refractivity contribution is -0.137. The summed E-state index contributed by atoms with van der Waals surface area (Å²) in [6, 6.07) is 10.3. The van der Waals surface area contributed by atoms with Gasteiger partial charge in [0.05, 0.1) is 16.8 Å². The average molecular weight is 411 g/mol. The Kier molecular flexibility index (Phi) is 6.18. The Morgan fingerprint density at radius 1 is 1.25 bits per heavy atom. The van der Waals surface area contributed by atoms with E-state index in [0.29, 0.717) is 31.7 Å². The Bertz CT molecular complexity index is 850. The number of carbonyl (C=O) groups is 1. The van der Waals surface area contributed by atoms with Gasteiger partial charge in [-0.05, 0) is 24.5 Å². The third kappa shape index (κ3) is 5.01. The number of hydrazone groups is 1. The summed E-state index contributed by atoms with van der Waals surface area (Å²) in [6.45, 7) is 0.942. The predicted molar refractivity (Wildman–Crippen MR) is 101 cm³/mol. The highest BCUT2D eigenvalue weighted by Crippen LogP contribution is 2.34. The first-order chi connectivity index (χ1) is 13.3. The molecule has 9 heteroatoms. The molecule has 0 saturated carbocycles. The van der Waals surface area contributed by atoms with Crippen molar-refractivity contribution in [2.75, 3.05) is 18.0 Å². The van der Waals surface area contributed by atoms with Crippen LogP contribution in [0.25, 0.3) is 0 Å². The van der Waals surface area contributed by atoms with Gasteiger partial charge in [-0.2, -0.15) is 18.3 Å². The SMILES string of the molecule is O=C(NN=Cc1ccccc1)C1CCN(c2ncc(C(F)(F)F)cc2Cl)CC1. The zero-order chi connectivity index (χ0) is 20.1. The van der Waals surface area contributed by atoms with Crippen LogP contribution in [-0.4, -0.2) is 30.2 Å². The lowest BCUT2D eigenvalue weighted by atomic mass is 9.96. The van der Waals surface area contributed by atoms with Crippen LogP contribution in [0.4, 0.5) is 19.0 Å². The van der Waals surface area contributed by atoms with E-state index < -0.39 is 11.7 Å². The number of carbonyl (C=O) groups excluding carboxylic acids is 1. The summed E-state index contributed by atoms with van der Waals surface area (Å²) in [5.41, 5.74) is 2.53. The molecule has 0 bridgehead atoms. The second kappa shape index (κ2) is 8.60. The minimum atomic E-state index is -4.49. The number of anilines is 1. The van der Waals surface area contributed by atoms with Gasteiger partial charge in [0, 0.05) is 25.2 Å². The van der Waals surface area contributed by atoms with Crippen molar-refractivity contribution in [2.45, 2.75) is 19.0 Å². The molecule has 148 valence electrons. The van der Waals surface area contributed by atoms with Crippen LogP contribution in [0, 0.1) is 5.92 Å². The van der Waals surface area contributed by atoms with E-state index in [0.717, 1.165) is 17.8 Å². The third-order valence-electron chi connectivity index (χ3n) is 4.50. The molecule has 2 heterocycles. The molecule has 28 heavy (non-hydrogen) atoms. The molecule has 1 aromatic carbocycles. The van der Waals surface area contributed by atoms with Gasteiger partial charge in [0.2, 0.25) is 5.91 Å². The number of hydrogen-bond donors (Lipinski definition) is 1. The molecule has 1 saturated heterocycles. The monoisotopic (exact) mass is 410 g/mol. The van der Waals surface area contributed by atoms with Gasteiger partial charge in [-0.25, -0.2) is 10.4 Å². The summed E-state index contributed by atoms with van der Waals surface area (Å²) >= 11 is 5.99. The lowest BCUT2D eigenvalue weighted by Crippen LogP contribution is -2.39. The van der Waals surface area contributed by atoms with Crippen LogP contribution in [0.2, 0.25) is 5.02 Å². The van der Waals surface area contributed by atoms with Crippen LogP contribution in [0.15, 0.2) is 47.7 Å². The minimum Gasteiger partial charge on any atom is -0.355 e. The number of alkyl halides is 3. The quantitative estimate of drug-likeness (QED) is 0.609. The number of piperidine rings is 1. The van der Waals surface area contributed by atoms with Gasteiger partial charge in [-0.3, -0.25) is 4.79 Å². The van der Waals surface area contributed by atoms with Gasteiger partial charge >= 0.3 is 6.18 Å². The number of hydrogen-bond acceptors (Lipinski definition) is 4. The molecular formula is C19H18ClF3N4O. The Labute approximate surface area is 165 Å². The number of rotatable bonds is 4. The zero-order valence-corrected chi connectivity index (χ0v) is 15.5. The standard InChI is InChI=1S/C19H18ClF3N4O/c20-16-10-15(19(21,22)23)12-24-17(16)27-8-6-14(7-9-27)18(28)26-25-11-13-4-2-1-3-5-13/h1-5,10-12,14H,6-9H2,(H,26,28). The summed E-state index contributed by atoms with van der Waals surface area (Å²) in [5.74, 6) is -0.105. The zero-order valence-electron chi connectivity index (χ0n) is 14.8. The Morgan fingerprint density at radius 2 is 1.93 bits per heavy atom. The molecule has 1 fully saturated rings. The predicted octanol–water partition coefficient (Wildman–Crippen LogP) is 4.12. The number of halogens is 4. The number of nitrogens with zero attached hydrogens (tertiary/aromatic N) is 3.